The van der Waals surface area contributed by atoms with Crippen LogP contribution in [0, 0.1) is 11.3 Å². The fourth-order valence-electron chi connectivity index (χ4n) is 3.58. The molecule has 33 heavy (non-hydrogen) atoms. The van der Waals surface area contributed by atoms with Crippen LogP contribution in [0.15, 0.2) is 69.7 Å². The summed E-state index contributed by atoms with van der Waals surface area (Å²) in [4.78, 5) is 12.8. The van der Waals surface area contributed by atoms with Crippen molar-refractivity contribution in [2.45, 2.75) is 33.3 Å². The summed E-state index contributed by atoms with van der Waals surface area (Å²) < 4.78 is 23.2. The van der Waals surface area contributed by atoms with Gasteiger partial charge in [-0.15, -0.1) is 0 Å². The summed E-state index contributed by atoms with van der Waals surface area (Å²) in [6.45, 7) is 6.13. The number of carbonyl (C=O) groups is 1. The molecular formula is C25H25BrN2O5. The zero-order valence-corrected chi connectivity index (χ0v) is 20.3. The lowest BCUT2D eigenvalue weighted by atomic mass is 9.83. The first-order valence-corrected chi connectivity index (χ1v) is 11.3. The minimum absolute atomic E-state index is 0.0495. The second-order valence-electron chi connectivity index (χ2n) is 7.15. The smallest absolute Gasteiger partial charge is 0.338 e. The molecule has 1 unspecified atom stereocenters. The van der Waals surface area contributed by atoms with Crippen LogP contribution in [0.1, 0.15) is 37.8 Å². The van der Waals surface area contributed by atoms with Crippen molar-refractivity contribution in [3.05, 3.63) is 80.9 Å². The number of halogens is 1. The number of carbonyl (C=O) groups excluding carboxylic acids is 1. The molecule has 1 aliphatic rings. The summed E-state index contributed by atoms with van der Waals surface area (Å²) in [6, 6.07) is 15.4. The summed E-state index contributed by atoms with van der Waals surface area (Å²) >= 11 is 3.57. The van der Waals surface area contributed by atoms with Gasteiger partial charge in [0.15, 0.2) is 11.5 Å². The molecule has 8 heteroatoms. The number of nitrogens with zero attached hydrogens (tertiary/aromatic N) is 1. The molecule has 0 spiro atoms. The molecule has 0 radical (unpaired) electrons. The average molecular weight is 513 g/mol. The highest BCUT2D eigenvalue weighted by Crippen LogP contribution is 2.45. The van der Waals surface area contributed by atoms with Crippen molar-refractivity contribution < 1.29 is 23.7 Å². The Balaban J connectivity index is 2.08. The maximum Gasteiger partial charge on any atom is 0.338 e. The van der Waals surface area contributed by atoms with Gasteiger partial charge < -0.3 is 24.7 Å². The molecule has 0 saturated carbocycles. The van der Waals surface area contributed by atoms with Gasteiger partial charge in [0.05, 0.1) is 29.2 Å². The van der Waals surface area contributed by atoms with Crippen molar-refractivity contribution in [1.82, 2.24) is 0 Å². The molecule has 0 aliphatic carbocycles. The van der Waals surface area contributed by atoms with Crippen molar-refractivity contribution >= 4 is 21.9 Å². The molecule has 0 amide bonds. The van der Waals surface area contributed by atoms with Crippen LogP contribution in [-0.4, -0.2) is 19.2 Å². The molecule has 0 aromatic heterocycles. The molecule has 2 aromatic rings. The lowest BCUT2D eigenvalue weighted by Crippen LogP contribution is -2.25. The summed E-state index contributed by atoms with van der Waals surface area (Å²) in [5.41, 5.74) is 7.96. The third kappa shape index (κ3) is 5.32. The van der Waals surface area contributed by atoms with Gasteiger partial charge >= 0.3 is 5.97 Å². The quantitative estimate of drug-likeness (QED) is 0.492. The van der Waals surface area contributed by atoms with Crippen molar-refractivity contribution in [3.8, 4) is 17.6 Å². The Kier molecular flexibility index (Phi) is 8.01. The molecule has 2 N–H and O–H groups in total. The van der Waals surface area contributed by atoms with E-state index in [4.69, 9.17) is 24.7 Å². The predicted octanol–water partition coefficient (Wildman–Crippen LogP) is 5.07. The lowest BCUT2D eigenvalue weighted by Gasteiger charge is -2.27. The number of hydrogen-bond donors (Lipinski definition) is 1. The first-order chi connectivity index (χ1) is 15.9. The number of nitrogens with two attached hydrogens (primary N) is 1. The number of esters is 1. The fourth-order valence-corrected chi connectivity index (χ4v) is 4.15. The van der Waals surface area contributed by atoms with Gasteiger partial charge in [-0.3, -0.25) is 0 Å². The van der Waals surface area contributed by atoms with Crippen LogP contribution in [0.3, 0.4) is 0 Å². The van der Waals surface area contributed by atoms with E-state index in [1.807, 2.05) is 37.3 Å². The van der Waals surface area contributed by atoms with Gasteiger partial charge in [-0.2, -0.15) is 5.26 Å². The van der Waals surface area contributed by atoms with Crippen LogP contribution < -0.4 is 15.2 Å². The Bertz CT molecular complexity index is 1140. The molecule has 172 valence electrons. The molecule has 0 bridgehead atoms. The van der Waals surface area contributed by atoms with E-state index in [0.29, 0.717) is 34.7 Å². The van der Waals surface area contributed by atoms with E-state index in [0.717, 1.165) is 5.56 Å². The average Bonchev–Trinajstić information content (AvgIpc) is 2.79. The Labute approximate surface area is 201 Å². The van der Waals surface area contributed by atoms with E-state index < -0.39 is 11.9 Å². The van der Waals surface area contributed by atoms with Crippen LogP contribution in [0.5, 0.6) is 11.5 Å². The van der Waals surface area contributed by atoms with Crippen LogP contribution >= 0.6 is 15.9 Å². The molecule has 0 fully saturated rings. The van der Waals surface area contributed by atoms with Crippen molar-refractivity contribution in [1.29, 1.82) is 5.26 Å². The van der Waals surface area contributed by atoms with E-state index in [-0.39, 0.29) is 29.4 Å². The van der Waals surface area contributed by atoms with E-state index in [2.05, 4.69) is 22.0 Å². The van der Waals surface area contributed by atoms with Gasteiger partial charge in [0.2, 0.25) is 5.88 Å². The summed E-state index contributed by atoms with van der Waals surface area (Å²) in [7, 11) is 0. The van der Waals surface area contributed by atoms with E-state index in [1.165, 1.54) is 0 Å². The van der Waals surface area contributed by atoms with E-state index in [1.54, 1.807) is 26.0 Å². The van der Waals surface area contributed by atoms with Crippen LogP contribution in [0.25, 0.3) is 0 Å². The largest absolute Gasteiger partial charge is 0.490 e. The van der Waals surface area contributed by atoms with Crippen molar-refractivity contribution in [2.24, 2.45) is 5.73 Å². The molecule has 2 aromatic carbocycles. The Morgan fingerprint density at radius 1 is 1.18 bits per heavy atom. The standard InChI is InChI=1S/C25H25BrN2O5/c1-4-30-20-12-17(11-19(26)23(20)32-14-16-9-7-6-8-10-16)22-18(13-27)24(28)33-15(3)21(22)25(29)31-5-2/h6-12,22H,4-5,14,28H2,1-3H3. The van der Waals surface area contributed by atoms with Crippen molar-refractivity contribution in [2.75, 3.05) is 13.2 Å². The van der Waals surface area contributed by atoms with E-state index in [9.17, 15) is 10.1 Å². The number of nitriles is 1. The van der Waals surface area contributed by atoms with Crippen LogP contribution in [0.2, 0.25) is 0 Å². The SMILES string of the molecule is CCOC(=O)C1=C(C)OC(N)=C(C#N)C1c1cc(Br)c(OCc2ccccc2)c(OCC)c1. The number of hydrogen-bond acceptors (Lipinski definition) is 7. The van der Waals surface area contributed by atoms with Crippen LogP contribution in [-0.2, 0) is 20.9 Å². The van der Waals surface area contributed by atoms with E-state index >= 15 is 0 Å². The van der Waals surface area contributed by atoms with Gasteiger partial charge in [0.25, 0.3) is 0 Å². The first kappa shape index (κ1) is 24.2. The fraction of sp³-hybridized carbons (Fsp3) is 0.280. The third-order valence-electron chi connectivity index (χ3n) is 4.99. The predicted molar refractivity (Wildman–Crippen MR) is 126 cm³/mol. The third-order valence-corrected chi connectivity index (χ3v) is 5.58. The molecule has 0 saturated heterocycles. The Morgan fingerprint density at radius 3 is 2.55 bits per heavy atom. The van der Waals surface area contributed by atoms with Crippen molar-refractivity contribution in [3.63, 3.8) is 0 Å². The zero-order valence-electron chi connectivity index (χ0n) is 18.7. The molecule has 1 heterocycles. The molecule has 3 rings (SSSR count). The second kappa shape index (κ2) is 10.9. The highest BCUT2D eigenvalue weighted by atomic mass is 79.9. The maximum absolute atomic E-state index is 12.8. The van der Waals surface area contributed by atoms with Gasteiger partial charge in [-0.1, -0.05) is 30.3 Å². The van der Waals surface area contributed by atoms with Gasteiger partial charge in [-0.05, 0) is 60.0 Å². The molecule has 7 nitrogen and oxygen atoms in total. The molecule has 1 atom stereocenters. The normalized spacial score (nSPS) is 15.5. The number of benzene rings is 2. The second-order valence-corrected chi connectivity index (χ2v) is 8.01. The number of ether oxygens (including phenoxy) is 4. The summed E-state index contributed by atoms with van der Waals surface area (Å²) in [6.07, 6.45) is 0. The summed E-state index contributed by atoms with van der Waals surface area (Å²) in [5.74, 6) is -0.119. The van der Waals surface area contributed by atoms with Gasteiger partial charge in [0, 0.05) is 0 Å². The maximum atomic E-state index is 12.8. The highest BCUT2D eigenvalue weighted by Gasteiger charge is 2.37. The molecular weight excluding hydrogens is 488 g/mol. The Morgan fingerprint density at radius 2 is 1.91 bits per heavy atom. The van der Waals surface area contributed by atoms with Crippen LogP contribution in [0.4, 0.5) is 0 Å². The number of allylic oxidation sites excluding steroid dienone is 2. The first-order valence-electron chi connectivity index (χ1n) is 10.5. The topological polar surface area (TPSA) is 104 Å². The van der Waals surface area contributed by atoms with Gasteiger partial charge in [-0.25, -0.2) is 4.79 Å². The lowest BCUT2D eigenvalue weighted by molar-refractivity contribution is -0.139. The minimum Gasteiger partial charge on any atom is -0.490 e. The van der Waals surface area contributed by atoms with Gasteiger partial charge in [0.1, 0.15) is 24.0 Å². The number of rotatable bonds is 8. The molecule has 1 aliphatic heterocycles. The minimum atomic E-state index is -0.776. The highest BCUT2D eigenvalue weighted by molar-refractivity contribution is 9.10. The Hall–Kier alpha value is -3.44. The zero-order chi connectivity index (χ0) is 24.0. The monoisotopic (exact) mass is 512 g/mol. The summed E-state index contributed by atoms with van der Waals surface area (Å²) in [5, 5.41) is 9.81.